The molecular weight excluding hydrogens is 528 g/mol. The third-order valence-corrected chi connectivity index (χ3v) is 8.08. The van der Waals surface area contributed by atoms with E-state index < -0.39 is 0 Å². The summed E-state index contributed by atoms with van der Waals surface area (Å²) in [5, 5.41) is 14.1. The van der Waals surface area contributed by atoms with Crippen LogP contribution in [0, 0.1) is 5.92 Å². The van der Waals surface area contributed by atoms with Crippen LogP contribution in [0.15, 0.2) is 79.0 Å². The molecule has 220 valence electrons. The summed E-state index contributed by atoms with van der Waals surface area (Å²) in [7, 11) is 4.03. The first-order chi connectivity index (χ1) is 20.2. The van der Waals surface area contributed by atoms with Crippen molar-refractivity contribution < 1.29 is 19.4 Å². The summed E-state index contributed by atoms with van der Waals surface area (Å²) in [5.41, 5.74) is 4.03. The molecule has 0 fully saturated rings. The number of likely N-dealkylation sites (N-methyl/N-ethyl adjacent to an activating group) is 1. The summed E-state index contributed by atoms with van der Waals surface area (Å²) in [6, 6.07) is 23.2. The molecule has 3 atom stereocenters. The Morgan fingerprint density at radius 2 is 1.83 bits per heavy atom. The highest BCUT2D eigenvalue weighted by atomic mass is 16.5. The van der Waals surface area contributed by atoms with Crippen molar-refractivity contribution in [3.8, 4) is 5.75 Å². The van der Waals surface area contributed by atoms with Gasteiger partial charge in [-0.3, -0.25) is 14.5 Å². The van der Waals surface area contributed by atoms with Crippen molar-refractivity contribution in [1.29, 1.82) is 0 Å². The molecule has 2 amide bonds. The fourth-order valence-electron chi connectivity index (χ4n) is 5.76. The molecule has 1 aliphatic heterocycles. The quantitative estimate of drug-likeness (QED) is 0.305. The van der Waals surface area contributed by atoms with E-state index in [9.17, 15) is 14.7 Å². The summed E-state index contributed by atoms with van der Waals surface area (Å²) in [6.45, 7) is 5.58. The topological polar surface area (TPSA) is 87.0 Å². The number of aromatic nitrogens is 1. The number of aliphatic hydroxyl groups is 1. The molecule has 3 aromatic carbocycles. The molecule has 0 aliphatic carbocycles. The summed E-state index contributed by atoms with van der Waals surface area (Å²) in [5.74, 6) is -0.0776. The van der Waals surface area contributed by atoms with Gasteiger partial charge in [0.2, 0.25) is 5.91 Å². The number of para-hydroxylation sites is 2. The highest BCUT2D eigenvalue weighted by Crippen LogP contribution is 2.35. The molecule has 5 rings (SSSR count). The van der Waals surface area contributed by atoms with Crippen LogP contribution in [0.4, 0.5) is 5.69 Å². The minimum Gasteiger partial charge on any atom is -0.486 e. The van der Waals surface area contributed by atoms with Crippen LogP contribution in [0.5, 0.6) is 5.75 Å². The van der Waals surface area contributed by atoms with Crippen molar-refractivity contribution >= 4 is 28.4 Å². The zero-order chi connectivity index (χ0) is 29.8. The van der Waals surface area contributed by atoms with Crippen molar-refractivity contribution in [3.63, 3.8) is 0 Å². The van der Waals surface area contributed by atoms with Gasteiger partial charge in [0.15, 0.2) is 5.75 Å². The predicted molar refractivity (Wildman–Crippen MR) is 166 cm³/mol. The fourth-order valence-corrected chi connectivity index (χ4v) is 5.76. The number of fused-ring (bicyclic) bond motifs is 2. The smallest absolute Gasteiger partial charge is 0.258 e. The molecule has 0 radical (unpaired) electrons. The van der Waals surface area contributed by atoms with E-state index in [-0.39, 0.29) is 42.9 Å². The molecule has 0 saturated carbocycles. The summed E-state index contributed by atoms with van der Waals surface area (Å²) >= 11 is 0. The monoisotopic (exact) mass is 568 g/mol. The molecule has 1 aromatic heterocycles. The molecule has 8 nitrogen and oxygen atoms in total. The average Bonchev–Trinajstić information content (AvgIpc) is 3.30. The summed E-state index contributed by atoms with van der Waals surface area (Å²) < 4.78 is 8.70. The lowest BCUT2D eigenvalue weighted by Crippen LogP contribution is -2.49. The maximum Gasteiger partial charge on any atom is 0.258 e. The molecule has 4 aromatic rings. The average molecular weight is 569 g/mol. The minimum atomic E-state index is -0.363. The number of rotatable bonds is 9. The molecule has 0 unspecified atom stereocenters. The fraction of sp³-hybridized carbons (Fsp3) is 0.353. The lowest BCUT2D eigenvalue weighted by Gasteiger charge is -2.38. The lowest BCUT2D eigenvalue weighted by atomic mass is 9.98. The maximum absolute atomic E-state index is 13.8. The normalized spacial score (nSPS) is 17.9. The predicted octanol–water partition coefficient (Wildman–Crippen LogP) is 4.71. The molecule has 8 heteroatoms. The van der Waals surface area contributed by atoms with Gasteiger partial charge in [0.05, 0.1) is 30.3 Å². The number of aliphatic hydroxyl groups excluding tert-OH is 1. The second-order valence-electron chi connectivity index (χ2n) is 11.5. The maximum atomic E-state index is 13.8. The standard InChI is InChI=1S/C34H40N4O4/c1-23-18-38(24(2)22-39)34(41)28-14-10-15-29(33(28)42-31(23)21-36(3)19-25-11-6-5-7-12-25)35-32(40)17-26-20-37(4)30-16-9-8-13-27(26)30/h5-16,20,23-24,31,39H,17-19,21-22H2,1-4H3,(H,35,40)/t23-,24+,31+/m0/s1. The number of nitrogens with one attached hydrogen (secondary N) is 1. The summed E-state index contributed by atoms with van der Waals surface area (Å²) in [6.07, 6.45) is 1.90. The number of amides is 2. The zero-order valence-corrected chi connectivity index (χ0v) is 24.8. The first-order valence-corrected chi connectivity index (χ1v) is 14.5. The number of nitrogens with zero attached hydrogens (tertiary/aromatic N) is 3. The minimum absolute atomic E-state index is 0.0336. The van der Waals surface area contributed by atoms with Crippen LogP contribution in [-0.4, -0.2) is 70.2 Å². The molecule has 0 bridgehead atoms. The van der Waals surface area contributed by atoms with Crippen LogP contribution < -0.4 is 10.1 Å². The van der Waals surface area contributed by atoms with Gasteiger partial charge in [0.25, 0.3) is 5.91 Å². The number of carbonyl (C=O) groups is 2. The summed E-state index contributed by atoms with van der Waals surface area (Å²) in [4.78, 5) is 31.1. The Hall–Kier alpha value is -4.14. The van der Waals surface area contributed by atoms with Gasteiger partial charge in [0.1, 0.15) is 6.10 Å². The van der Waals surface area contributed by atoms with E-state index in [1.165, 1.54) is 5.56 Å². The molecule has 1 aliphatic rings. The van der Waals surface area contributed by atoms with Crippen molar-refractivity contribution in [3.05, 3.63) is 95.7 Å². The van der Waals surface area contributed by atoms with Gasteiger partial charge >= 0.3 is 0 Å². The lowest BCUT2D eigenvalue weighted by molar-refractivity contribution is -0.115. The van der Waals surface area contributed by atoms with Gasteiger partial charge < -0.3 is 24.6 Å². The van der Waals surface area contributed by atoms with Gasteiger partial charge in [-0.1, -0.05) is 61.5 Å². The van der Waals surface area contributed by atoms with Crippen molar-refractivity contribution in [2.24, 2.45) is 13.0 Å². The van der Waals surface area contributed by atoms with Crippen LogP contribution in [0.3, 0.4) is 0 Å². The van der Waals surface area contributed by atoms with E-state index in [0.29, 0.717) is 30.1 Å². The van der Waals surface area contributed by atoms with Crippen molar-refractivity contribution in [1.82, 2.24) is 14.4 Å². The highest BCUT2D eigenvalue weighted by Gasteiger charge is 2.34. The highest BCUT2D eigenvalue weighted by molar-refractivity contribution is 6.02. The second kappa shape index (κ2) is 12.8. The number of hydrogen-bond donors (Lipinski definition) is 2. The van der Waals surface area contributed by atoms with E-state index in [4.69, 9.17) is 4.74 Å². The molecular formula is C34H40N4O4. The first kappa shape index (κ1) is 29.4. The Kier molecular flexibility index (Phi) is 8.94. The van der Waals surface area contributed by atoms with Crippen LogP contribution in [0.2, 0.25) is 0 Å². The number of anilines is 1. The Labute approximate surface area is 247 Å². The number of carbonyl (C=O) groups excluding carboxylic acids is 2. The van der Waals surface area contributed by atoms with Gasteiger partial charge in [-0.25, -0.2) is 0 Å². The number of benzene rings is 3. The van der Waals surface area contributed by atoms with E-state index in [1.807, 2.05) is 67.2 Å². The van der Waals surface area contributed by atoms with E-state index in [1.54, 1.807) is 23.1 Å². The van der Waals surface area contributed by atoms with Crippen LogP contribution in [-0.2, 0) is 24.8 Å². The largest absolute Gasteiger partial charge is 0.486 e. The first-order valence-electron chi connectivity index (χ1n) is 14.5. The van der Waals surface area contributed by atoms with E-state index in [0.717, 1.165) is 23.0 Å². The number of hydrogen-bond acceptors (Lipinski definition) is 5. The zero-order valence-electron chi connectivity index (χ0n) is 24.8. The van der Waals surface area contributed by atoms with E-state index in [2.05, 4.69) is 36.3 Å². The van der Waals surface area contributed by atoms with Gasteiger partial charge in [0, 0.05) is 49.7 Å². The van der Waals surface area contributed by atoms with Gasteiger partial charge in [-0.2, -0.15) is 0 Å². The Morgan fingerprint density at radius 1 is 1.10 bits per heavy atom. The third-order valence-electron chi connectivity index (χ3n) is 8.08. The van der Waals surface area contributed by atoms with Crippen molar-refractivity contribution in [2.75, 3.05) is 32.1 Å². The van der Waals surface area contributed by atoms with Crippen LogP contribution in [0.1, 0.15) is 35.3 Å². The number of ether oxygens (including phenoxy) is 1. The van der Waals surface area contributed by atoms with E-state index >= 15 is 0 Å². The molecule has 2 heterocycles. The Morgan fingerprint density at radius 3 is 2.60 bits per heavy atom. The molecule has 2 N–H and O–H groups in total. The molecule has 0 spiro atoms. The molecule has 42 heavy (non-hydrogen) atoms. The third kappa shape index (κ3) is 6.35. The van der Waals surface area contributed by atoms with Crippen LogP contribution >= 0.6 is 0 Å². The number of aryl methyl sites for hydroxylation is 1. The van der Waals surface area contributed by atoms with Crippen LogP contribution in [0.25, 0.3) is 10.9 Å². The van der Waals surface area contributed by atoms with Gasteiger partial charge in [-0.05, 0) is 43.3 Å². The SMILES string of the molecule is C[C@H](CO)N1C[C@H](C)[C@@H](CN(C)Cc2ccccc2)Oc2c(NC(=O)Cc3cn(C)c4ccccc34)cccc2C1=O. The van der Waals surface area contributed by atoms with Gasteiger partial charge in [-0.15, -0.1) is 0 Å². The Bertz CT molecular complexity index is 1550. The second-order valence-corrected chi connectivity index (χ2v) is 11.5. The van der Waals surface area contributed by atoms with Crippen molar-refractivity contribution in [2.45, 2.75) is 39.0 Å². The molecule has 0 saturated heterocycles. The Balaban J connectivity index is 1.44.